The Bertz CT molecular complexity index is 368. The van der Waals surface area contributed by atoms with Gasteiger partial charge in [0.15, 0.2) is 0 Å². The Balaban J connectivity index is 2.21. The molecule has 0 N–H and O–H groups in total. The van der Waals surface area contributed by atoms with Crippen LogP contribution < -0.4 is 0 Å². The zero-order chi connectivity index (χ0) is 10.8. The molecule has 0 aliphatic heterocycles. The minimum Gasteiger partial charge on any atom is -0.465 e. The van der Waals surface area contributed by atoms with E-state index in [0.29, 0.717) is 0 Å². The van der Waals surface area contributed by atoms with Gasteiger partial charge in [-0.05, 0) is 36.8 Å². The minimum atomic E-state index is -0.192. The van der Waals surface area contributed by atoms with Crippen molar-refractivity contribution in [1.82, 2.24) is 0 Å². The van der Waals surface area contributed by atoms with E-state index >= 15 is 0 Å². The Labute approximate surface area is 94.3 Å². The molecule has 2 rings (SSSR count). The zero-order valence-electron chi connectivity index (χ0n) is 9.21. The molecule has 1 aromatic heterocycles. The Morgan fingerprint density at radius 3 is 3.13 bits per heavy atom. The lowest BCUT2D eigenvalue weighted by molar-refractivity contribution is 0.0606. The van der Waals surface area contributed by atoms with Gasteiger partial charge in [0, 0.05) is 4.88 Å². The van der Waals surface area contributed by atoms with E-state index in [2.05, 4.69) is 6.92 Å². The van der Waals surface area contributed by atoms with Crippen LogP contribution >= 0.6 is 11.3 Å². The fraction of sp³-hybridized carbons (Fsp3) is 0.583. The first-order valence-electron chi connectivity index (χ1n) is 5.44. The highest BCUT2D eigenvalue weighted by Crippen LogP contribution is 2.33. The highest BCUT2D eigenvalue weighted by atomic mass is 32.1. The summed E-state index contributed by atoms with van der Waals surface area (Å²) >= 11 is 1.61. The van der Waals surface area contributed by atoms with Gasteiger partial charge in [-0.1, -0.05) is 13.3 Å². The first kappa shape index (κ1) is 10.7. The SMILES string of the molecule is CCC1CCc2sc(C(=O)OC)cc2C1. The van der Waals surface area contributed by atoms with Crippen LogP contribution in [0.3, 0.4) is 0 Å². The van der Waals surface area contributed by atoms with Crippen molar-refractivity contribution < 1.29 is 9.53 Å². The first-order chi connectivity index (χ1) is 7.24. The van der Waals surface area contributed by atoms with E-state index in [4.69, 9.17) is 4.74 Å². The maximum Gasteiger partial charge on any atom is 0.348 e. The fourth-order valence-electron chi connectivity index (χ4n) is 2.15. The number of aryl methyl sites for hydroxylation is 1. The lowest BCUT2D eigenvalue weighted by Gasteiger charge is -2.19. The highest BCUT2D eigenvalue weighted by molar-refractivity contribution is 7.14. The zero-order valence-corrected chi connectivity index (χ0v) is 10.0. The van der Waals surface area contributed by atoms with E-state index in [1.54, 1.807) is 11.3 Å². The summed E-state index contributed by atoms with van der Waals surface area (Å²) in [5.41, 5.74) is 1.37. The third kappa shape index (κ3) is 2.07. The van der Waals surface area contributed by atoms with E-state index in [1.807, 2.05) is 6.07 Å². The molecule has 0 radical (unpaired) electrons. The summed E-state index contributed by atoms with van der Waals surface area (Å²) in [6.45, 7) is 2.24. The first-order valence-corrected chi connectivity index (χ1v) is 6.26. The van der Waals surface area contributed by atoms with Crippen molar-refractivity contribution in [3.05, 3.63) is 21.4 Å². The standard InChI is InChI=1S/C12H16O2S/c1-3-8-4-5-10-9(6-8)7-11(15-10)12(13)14-2/h7-8H,3-6H2,1-2H3. The number of carbonyl (C=O) groups is 1. The monoisotopic (exact) mass is 224 g/mol. The van der Waals surface area contributed by atoms with Crippen LogP contribution in [0.1, 0.15) is 39.9 Å². The second-order valence-electron chi connectivity index (χ2n) is 4.07. The Morgan fingerprint density at radius 1 is 1.67 bits per heavy atom. The summed E-state index contributed by atoms with van der Waals surface area (Å²) in [5, 5.41) is 0. The van der Waals surface area contributed by atoms with Gasteiger partial charge in [-0.15, -0.1) is 11.3 Å². The molecule has 0 amide bonds. The van der Waals surface area contributed by atoms with E-state index in [9.17, 15) is 4.79 Å². The van der Waals surface area contributed by atoms with Crippen molar-refractivity contribution in [3.63, 3.8) is 0 Å². The molecule has 0 saturated heterocycles. The van der Waals surface area contributed by atoms with Gasteiger partial charge < -0.3 is 4.74 Å². The molecule has 82 valence electrons. The smallest absolute Gasteiger partial charge is 0.348 e. The molecule has 0 fully saturated rings. The van der Waals surface area contributed by atoms with E-state index in [0.717, 1.165) is 23.6 Å². The van der Waals surface area contributed by atoms with E-state index < -0.39 is 0 Å². The number of hydrogen-bond acceptors (Lipinski definition) is 3. The molecule has 0 aromatic carbocycles. The van der Waals surface area contributed by atoms with Crippen LogP contribution in [0, 0.1) is 5.92 Å². The molecular weight excluding hydrogens is 208 g/mol. The lowest BCUT2D eigenvalue weighted by atomic mass is 9.87. The molecule has 3 heteroatoms. The van der Waals surface area contributed by atoms with Crippen molar-refractivity contribution >= 4 is 17.3 Å². The van der Waals surface area contributed by atoms with Crippen molar-refractivity contribution in [3.8, 4) is 0 Å². The molecule has 1 atom stereocenters. The van der Waals surface area contributed by atoms with Gasteiger partial charge in [0.25, 0.3) is 0 Å². The van der Waals surface area contributed by atoms with Crippen LogP contribution in [-0.4, -0.2) is 13.1 Å². The average molecular weight is 224 g/mol. The number of fused-ring (bicyclic) bond motifs is 1. The predicted molar refractivity (Wildman–Crippen MR) is 61.5 cm³/mol. The number of rotatable bonds is 2. The summed E-state index contributed by atoms with van der Waals surface area (Å²) in [6.07, 6.45) is 4.78. The average Bonchev–Trinajstić information content (AvgIpc) is 2.70. The van der Waals surface area contributed by atoms with Gasteiger partial charge in [-0.25, -0.2) is 4.79 Å². The summed E-state index contributed by atoms with van der Waals surface area (Å²) in [4.78, 5) is 13.5. The molecule has 15 heavy (non-hydrogen) atoms. The Kier molecular flexibility index (Phi) is 3.10. The second kappa shape index (κ2) is 4.35. The number of methoxy groups -OCH3 is 1. The van der Waals surface area contributed by atoms with Gasteiger partial charge in [0.2, 0.25) is 0 Å². The summed E-state index contributed by atoms with van der Waals surface area (Å²) < 4.78 is 4.74. The van der Waals surface area contributed by atoms with Gasteiger partial charge >= 0.3 is 5.97 Å². The van der Waals surface area contributed by atoms with Crippen LogP contribution in [0.2, 0.25) is 0 Å². The lowest BCUT2D eigenvalue weighted by Crippen LogP contribution is -2.10. The van der Waals surface area contributed by atoms with Crippen LogP contribution in [0.4, 0.5) is 0 Å². The largest absolute Gasteiger partial charge is 0.465 e. The van der Waals surface area contributed by atoms with Gasteiger partial charge in [-0.3, -0.25) is 0 Å². The molecule has 1 aliphatic carbocycles. The van der Waals surface area contributed by atoms with Crippen LogP contribution in [0.15, 0.2) is 6.07 Å². The predicted octanol–water partition coefficient (Wildman–Crippen LogP) is 3.05. The molecule has 1 unspecified atom stereocenters. The minimum absolute atomic E-state index is 0.192. The van der Waals surface area contributed by atoms with E-state index in [-0.39, 0.29) is 5.97 Å². The Morgan fingerprint density at radius 2 is 2.47 bits per heavy atom. The summed E-state index contributed by atoms with van der Waals surface area (Å²) in [7, 11) is 1.44. The number of thiophene rings is 1. The van der Waals surface area contributed by atoms with Crippen LogP contribution in [-0.2, 0) is 17.6 Å². The van der Waals surface area contributed by atoms with Crippen molar-refractivity contribution in [1.29, 1.82) is 0 Å². The summed E-state index contributed by atoms with van der Waals surface area (Å²) in [5.74, 6) is 0.611. The fourth-order valence-corrected chi connectivity index (χ4v) is 3.28. The maximum absolute atomic E-state index is 11.4. The van der Waals surface area contributed by atoms with Crippen molar-refractivity contribution in [2.45, 2.75) is 32.6 Å². The van der Waals surface area contributed by atoms with Crippen LogP contribution in [0.5, 0.6) is 0 Å². The molecule has 1 aliphatic rings. The van der Waals surface area contributed by atoms with Crippen molar-refractivity contribution in [2.75, 3.05) is 7.11 Å². The van der Waals surface area contributed by atoms with Gasteiger partial charge in [0.05, 0.1) is 7.11 Å². The third-order valence-electron chi connectivity index (χ3n) is 3.15. The van der Waals surface area contributed by atoms with Gasteiger partial charge in [0.1, 0.15) is 4.88 Å². The normalized spacial score (nSPS) is 19.7. The number of ether oxygens (including phenoxy) is 1. The topological polar surface area (TPSA) is 26.3 Å². The number of carbonyl (C=O) groups excluding carboxylic acids is 1. The third-order valence-corrected chi connectivity index (χ3v) is 4.37. The molecular formula is C12H16O2S. The van der Waals surface area contributed by atoms with Gasteiger partial charge in [-0.2, -0.15) is 0 Å². The van der Waals surface area contributed by atoms with Crippen molar-refractivity contribution in [2.24, 2.45) is 5.92 Å². The highest BCUT2D eigenvalue weighted by Gasteiger charge is 2.22. The molecule has 0 saturated carbocycles. The second-order valence-corrected chi connectivity index (χ2v) is 5.20. The molecule has 1 heterocycles. The van der Waals surface area contributed by atoms with E-state index in [1.165, 1.54) is 30.4 Å². The summed E-state index contributed by atoms with van der Waals surface area (Å²) in [6, 6.07) is 2.02. The Hall–Kier alpha value is -0.830. The number of hydrogen-bond donors (Lipinski definition) is 0. The maximum atomic E-state index is 11.4. The molecule has 1 aromatic rings. The number of esters is 1. The quantitative estimate of drug-likeness (QED) is 0.722. The molecule has 2 nitrogen and oxygen atoms in total. The molecule has 0 bridgehead atoms. The molecule has 0 spiro atoms. The van der Waals surface area contributed by atoms with Crippen LogP contribution in [0.25, 0.3) is 0 Å².